The molecule has 2 aromatic carbocycles. The molecule has 4 rings (SSSR count). The van der Waals surface area contributed by atoms with E-state index in [9.17, 15) is 15.0 Å². The van der Waals surface area contributed by atoms with Crippen LogP contribution in [0.2, 0.25) is 10.0 Å². The van der Waals surface area contributed by atoms with Crippen molar-refractivity contribution < 1.29 is 19.7 Å². The van der Waals surface area contributed by atoms with Crippen LogP contribution in [0.1, 0.15) is 37.3 Å². The first-order valence-corrected chi connectivity index (χ1v) is 12.2. The van der Waals surface area contributed by atoms with E-state index in [1.807, 2.05) is 41.3 Å². The Bertz CT molecular complexity index is 943. The van der Waals surface area contributed by atoms with E-state index in [2.05, 4.69) is 4.90 Å². The van der Waals surface area contributed by atoms with Gasteiger partial charge < -0.3 is 19.8 Å². The highest BCUT2D eigenvalue weighted by Crippen LogP contribution is 2.32. The fourth-order valence-electron chi connectivity index (χ4n) is 4.85. The molecular formula is C25H30Cl2N2O4. The Morgan fingerprint density at radius 1 is 1.03 bits per heavy atom. The van der Waals surface area contributed by atoms with E-state index in [0.29, 0.717) is 42.5 Å². The van der Waals surface area contributed by atoms with Gasteiger partial charge >= 0.3 is 5.97 Å². The minimum absolute atomic E-state index is 0.108. The first-order valence-electron chi connectivity index (χ1n) is 11.4. The first-order chi connectivity index (χ1) is 15.8. The van der Waals surface area contributed by atoms with Crippen molar-refractivity contribution in [2.75, 3.05) is 32.7 Å². The smallest absolute Gasteiger partial charge is 0.325 e. The number of rotatable bonds is 7. The van der Waals surface area contributed by atoms with Crippen LogP contribution in [0.4, 0.5) is 0 Å². The number of carbonyl (C=O) groups is 1. The Morgan fingerprint density at radius 2 is 1.70 bits per heavy atom. The Hall–Kier alpha value is -1.83. The van der Waals surface area contributed by atoms with Crippen LogP contribution >= 0.6 is 23.2 Å². The lowest BCUT2D eigenvalue weighted by Crippen LogP contribution is -2.53. The fraction of sp³-hybridized carbons (Fsp3) is 0.480. The lowest BCUT2D eigenvalue weighted by Gasteiger charge is -2.44. The van der Waals surface area contributed by atoms with E-state index in [0.717, 1.165) is 37.2 Å². The molecule has 2 fully saturated rings. The molecule has 2 N–H and O–H groups in total. The van der Waals surface area contributed by atoms with Crippen molar-refractivity contribution in [3.05, 3.63) is 64.1 Å². The molecule has 2 heterocycles. The van der Waals surface area contributed by atoms with Crippen LogP contribution in [-0.2, 0) is 4.79 Å². The quantitative estimate of drug-likeness (QED) is 0.593. The third-order valence-corrected chi connectivity index (χ3v) is 7.43. The van der Waals surface area contributed by atoms with Crippen molar-refractivity contribution in [2.45, 2.75) is 43.4 Å². The molecule has 2 saturated heterocycles. The zero-order valence-electron chi connectivity index (χ0n) is 18.5. The molecule has 6 nitrogen and oxygen atoms in total. The maximum absolute atomic E-state index is 11.9. The molecule has 0 spiro atoms. The average molecular weight is 493 g/mol. The summed E-state index contributed by atoms with van der Waals surface area (Å²) in [6, 6.07) is 13.9. The predicted molar refractivity (Wildman–Crippen MR) is 129 cm³/mol. The van der Waals surface area contributed by atoms with E-state index >= 15 is 0 Å². The Kier molecular flexibility index (Phi) is 7.82. The van der Waals surface area contributed by atoms with Gasteiger partial charge in [-0.1, -0.05) is 53.5 Å². The normalized spacial score (nSPS) is 20.9. The number of hydrogen-bond acceptors (Lipinski definition) is 5. The largest absolute Gasteiger partial charge is 0.490 e. The van der Waals surface area contributed by atoms with Gasteiger partial charge in [0.05, 0.1) is 15.6 Å². The molecule has 1 atom stereocenters. The zero-order valence-corrected chi connectivity index (χ0v) is 20.0. The summed E-state index contributed by atoms with van der Waals surface area (Å²) in [5.41, 5.74) is -0.0207. The summed E-state index contributed by atoms with van der Waals surface area (Å²) >= 11 is 12.0. The maximum Gasteiger partial charge on any atom is 0.325 e. The fourth-order valence-corrected chi connectivity index (χ4v) is 5.13. The van der Waals surface area contributed by atoms with Gasteiger partial charge in [0.2, 0.25) is 0 Å². The summed E-state index contributed by atoms with van der Waals surface area (Å²) in [6.07, 6.45) is 2.97. The summed E-state index contributed by atoms with van der Waals surface area (Å²) in [6.45, 7) is 3.40. The predicted octanol–water partition coefficient (Wildman–Crippen LogP) is 4.49. The minimum atomic E-state index is -0.851. The van der Waals surface area contributed by atoms with Gasteiger partial charge in [0.25, 0.3) is 0 Å². The SMILES string of the molecule is O=C(O)C(c1ccccc1)N1CCC(O)(CN2CCC(Oc3ccc(Cl)c(Cl)c3)CC2)CC1. The second kappa shape index (κ2) is 10.6. The first kappa shape index (κ1) is 24.3. The third kappa shape index (κ3) is 6.19. The minimum Gasteiger partial charge on any atom is -0.490 e. The number of nitrogens with zero attached hydrogens (tertiary/aromatic N) is 2. The van der Waals surface area contributed by atoms with Crippen molar-refractivity contribution in [3.8, 4) is 5.75 Å². The highest BCUT2D eigenvalue weighted by molar-refractivity contribution is 6.42. The summed E-state index contributed by atoms with van der Waals surface area (Å²) in [7, 11) is 0. The molecule has 1 unspecified atom stereocenters. The summed E-state index contributed by atoms with van der Waals surface area (Å²) in [5.74, 6) is -0.129. The highest BCUT2D eigenvalue weighted by Gasteiger charge is 2.39. The Labute approximate surface area is 204 Å². The molecular weight excluding hydrogens is 463 g/mol. The van der Waals surface area contributed by atoms with E-state index in [4.69, 9.17) is 27.9 Å². The number of β-amino-alcohol motifs (C(OH)–C–C–N with tert-alkyl or cyclic N) is 1. The van der Waals surface area contributed by atoms with Gasteiger partial charge in [0.15, 0.2) is 0 Å². The monoisotopic (exact) mass is 492 g/mol. The second-order valence-electron chi connectivity index (χ2n) is 9.08. The molecule has 2 aromatic rings. The van der Waals surface area contributed by atoms with Gasteiger partial charge in [-0.3, -0.25) is 9.69 Å². The standard InChI is InChI=1S/C25H30Cl2N2O4/c26-21-7-6-20(16-22(21)27)33-19-8-12-28(13-9-19)17-25(32)10-14-29(15-11-25)23(24(30)31)18-4-2-1-3-5-18/h1-7,16,19,23,32H,8-15,17H2,(H,30,31). The van der Waals surface area contributed by atoms with Crippen molar-refractivity contribution in [1.82, 2.24) is 9.80 Å². The van der Waals surface area contributed by atoms with Gasteiger partial charge in [0, 0.05) is 38.8 Å². The zero-order chi connectivity index (χ0) is 23.4. The number of benzene rings is 2. The molecule has 0 aliphatic carbocycles. The molecule has 0 radical (unpaired) electrons. The van der Waals surface area contributed by atoms with E-state index < -0.39 is 17.6 Å². The van der Waals surface area contributed by atoms with Crippen LogP contribution in [0, 0.1) is 0 Å². The van der Waals surface area contributed by atoms with Gasteiger partial charge in [-0.25, -0.2) is 0 Å². The van der Waals surface area contributed by atoms with Crippen LogP contribution in [0.15, 0.2) is 48.5 Å². The molecule has 0 bridgehead atoms. The number of halogens is 2. The number of carboxylic acid groups (broad SMARTS) is 1. The van der Waals surface area contributed by atoms with Gasteiger partial charge in [-0.2, -0.15) is 0 Å². The van der Waals surface area contributed by atoms with Crippen molar-refractivity contribution in [3.63, 3.8) is 0 Å². The second-order valence-corrected chi connectivity index (χ2v) is 9.90. The summed E-state index contributed by atoms with van der Waals surface area (Å²) in [5, 5.41) is 22.0. The Morgan fingerprint density at radius 3 is 2.30 bits per heavy atom. The number of likely N-dealkylation sites (tertiary alicyclic amines) is 2. The van der Waals surface area contributed by atoms with Crippen molar-refractivity contribution >= 4 is 29.2 Å². The summed E-state index contributed by atoms with van der Waals surface area (Å²) in [4.78, 5) is 16.2. The van der Waals surface area contributed by atoms with Crippen LogP contribution in [0.5, 0.6) is 5.75 Å². The van der Waals surface area contributed by atoms with Gasteiger partial charge in [0.1, 0.15) is 17.9 Å². The number of piperidine rings is 2. The van der Waals surface area contributed by atoms with E-state index in [-0.39, 0.29) is 6.10 Å². The topological polar surface area (TPSA) is 73.2 Å². The number of aliphatic carboxylic acids is 1. The summed E-state index contributed by atoms with van der Waals surface area (Å²) < 4.78 is 6.06. The van der Waals surface area contributed by atoms with Crippen LogP contribution in [-0.4, -0.2) is 70.4 Å². The number of aliphatic hydroxyl groups is 1. The maximum atomic E-state index is 11.9. The molecule has 0 aromatic heterocycles. The molecule has 0 saturated carbocycles. The van der Waals surface area contributed by atoms with Gasteiger partial charge in [-0.15, -0.1) is 0 Å². The molecule has 2 aliphatic rings. The van der Waals surface area contributed by atoms with Gasteiger partial charge in [-0.05, 0) is 43.4 Å². The Balaban J connectivity index is 1.26. The number of carboxylic acids is 1. The molecule has 178 valence electrons. The molecule has 33 heavy (non-hydrogen) atoms. The molecule has 0 amide bonds. The molecule has 8 heteroatoms. The molecule has 2 aliphatic heterocycles. The van der Waals surface area contributed by atoms with Crippen molar-refractivity contribution in [1.29, 1.82) is 0 Å². The van der Waals surface area contributed by atoms with E-state index in [1.54, 1.807) is 12.1 Å². The lowest BCUT2D eigenvalue weighted by molar-refractivity contribution is -0.146. The van der Waals surface area contributed by atoms with Crippen molar-refractivity contribution in [2.24, 2.45) is 0 Å². The highest BCUT2D eigenvalue weighted by atomic mass is 35.5. The third-order valence-electron chi connectivity index (χ3n) is 6.69. The number of hydrogen-bond donors (Lipinski definition) is 2. The number of ether oxygens (including phenoxy) is 1. The van der Waals surface area contributed by atoms with Crippen LogP contribution in [0.25, 0.3) is 0 Å². The lowest BCUT2D eigenvalue weighted by atomic mass is 9.88. The van der Waals surface area contributed by atoms with Crippen LogP contribution < -0.4 is 4.74 Å². The van der Waals surface area contributed by atoms with Crippen LogP contribution in [0.3, 0.4) is 0 Å². The average Bonchev–Trinajstić information content (AvgIpc) is 2.80. The van der Waals surface area contributed by atoms with E-state index in [1.165, 1.54) is 0 Å².